The molecule has 0 bridgehead atoms. The van der Waals surface area contributed by atoms with Gasteiger partial charge in [-0.25, -0.2) is 0 Å². The summed E-state index contributed by atoms with van der Waals surface area (Å²) >= 11 is 0. The van der Waals surface area contributed by atoms with E-state index in [1.807, 2.05) is 0 Å². The Morgan fingerprint density at radius 3 is 2.73 bits per heavy atom. The Morgan fingerprint density at radius 1 is 1.18 bits per heavy atom. The summed E-state index contributed by atoms with van der Waals surface area (Å²) in [5, 5.41) is 2.73. The maximum atomic E-state index is 12.1. The molecular weight excluding hydrogens is 286 g/mol. The monoisotopic (exact) mass is 307 g/mol. The minimum Gasteiger partial charge on any atom is -0.486 e. The van der Waals surface area contributed by atoms with Crippen molar-refractivity contribution in [3.63, 3.8) is 0 Å². The molecule has 1 aromatic carbocycles. The van der Waals surface area contributed by atoms with E-state index in [4.69, 9.17) is 14.2 Å². The lowest BCUT2D eigenvalue weighted by Gasteiger charge is -2.18. The van der Waals surface area contributed by atoms with Crippen molar-refractivity contribution < 1.29 is 23.8 Å². The molecule has 0 aliphatic carbocycles. The van der Waals surface area contributed by atoms with Crippen LogP contribution in [0.25, 0.3) is 0 Å². The van der Waals surface area contributed by atoms with Gasteiger partial charge >= 0.3 is 0 Å². The summed E-state index contributed by atoms with van der Waals surface area (Å²) in [5.41, 5.74) is 0.587. The quantitative estimate of drug-likeness (QED) is 0.583. The van der Waals surface area contributed by atoms with Gasteiger partial charge in [0.15, 0.2) is 17.3 Å². The Balaban J connectivity index is 1.76. The first-order valence-corrected chi connectivity index (χ1v) is 7.39. The average Bonchev–Trinajstić information content (AvgIpc) is 2.54. The Kier molecular flexibility index (Phi) is 6.21. The highest BCUT2D eigenvalue weighted by Crippen LogP contribution is 2.31. The van der Waals surface area contributed by atoms with Crippen LogP contribution in [0.15, 0.2) is 18.2 Å². The Bertz CT molecular complexity index is 529. The zero-order valence-corrected chi connectivity index (χ0v) is 12.7. The molecule has 1 aliphatic rings. The SMILES string of the molecule is COCCNC(=O)CCCC(=O)c1ccc2c(c1)OCCO2. The normalized spacial score (nSPS) is 12.8. The molecule has 1 aliphatic heterocycles. The van der Waals surface area contributed by atoms with Crippen molar-refractivity contribution in [2.75, 3.05) is 33.5 Å². The molecule has 0 saturated carbocycles. The summed E-state index contributed by atoms with van der Waals surface area (Å²) in [6.45, 7) is 2.00. The number of Topliss-reactive ketones (excluding diaryl/α,β-unsaturated/α-hetero) is 1. The molecule has 6 nitrogen and oxygen atoms in total. The number of rotatable bonds is 8. The second-order valence-corrected chi connectivity index (χ2v) is 4.98. The van der Waals surface area contributed by atoms with Crippen LogP contribution in [0, 0.1) is 0 Å². The van der Waals surface area contributed by atoms with E-state index in [-0.39, 0.29) is 11.7 Å². The summed E-state index contributed by atoms with van der Waals surface area (Å²) in [6, 6.07) is 5.18. The van der Waals surface area contributed by atoms with Gasteiger partial charge in [0.1, 0.15) is 13.2 Å². The third-order valence-corrected chi connectivity index (χ3v) is 3.30. The predicted octanol–water partition coefficient (Wildman–Crippen LogP) is 1.57. The number of carbonyl (C=O) groups excluding carboxylic acids is 2. The first-order valence-electron chi connectivity index (χ1n) is 7.39. The van der Waals surface area contributed by atoms with Gasteiger partial charge in [-0.2, -0.15) is 0 Å². The number of fused-ring (bicyclic) bond motifs is 1. The van der Waals surface area contributed by atoms with Crippen molar-refractivity contribution in [3.05, 3.63) is 23.8 Å². The van der Waals surface area contributed by atoms with Gasteiger partial charge in [-0.3, -0.25) is 9.59 Å². The topological polar surface area (TPSA) is 73.9 Å². The summed E-state index contributed by atoms with van der Waals surface area (Å²) in [4.78, 5) is 23.6. The number of nitrogens with one attached hydrogen (secondary N) is 1. The number of ketones is 1. The van der Waals surface area contributed by atoms with E-state index in [2.05, 4.69) is 5.32 Å². The molecule has 0 fully saturated rings. The number of carbonyl (C=O) groups is 2. The fraction of sp³-hybridized carbons (Fsp3) is 0.500. The van der Waals surface area contributed by atoms with Crippen molar-refractivity contribution >= 4 is 11.7 Å². The lowest BCUT2D eigenvalue weighted by atomic mass is 10.0. The second kappa shape index (κ2) is 8.38. The van der Waals surface area contributed by atoms with Crippen molar-refractivity contribution in [2.24, 2.45) is 0 Å². The highest BCUT2D eigenvalue weighted by Gasteiger charge is 2.15. The highest BCUT2D eigenvalue weighted by molar-refractivity contribution is 5.96. The van der Waals surface area contributed by atoms with Crippen LogP contribution in [0.4, 0.5) is 0 Å². The molecule has 120 valence electrons. The van der Waals surface area contributed by atoms with Crippen molar-refractivity contribution in [1.29, 1.82) is 0 Å². The average molecular weight is 307 g/mol. The van der Waals surface area contributed by atoms with Crippen LogP contribution in [0.3, 0.4) is 0 Å². The summed E-state index contributed by atoms with van der Waals surface area (Å²) < 4.78 is 15.7. The lowest BCUT2D eigenvalue weighted by Crippen LogP contribution is -2.26. The van der Waals surface area contributed by atoms with E-state index in [1.54, 1.807) is 25.3 Å². The van der Waals surface area contributed by atoms with Gasteiger partial charge in [-0.1, -0.05) is 0 Å². The molecule has 1 N–H and O–H groups in total. The van der Waals surface area contributed by atoms with E-state index < -0.39 is 0 Å². The van der Waals surface area contributed by atoms with Crippen LogP contribution in [0.5, 0.6) is 11.5 Å². The van der Waals surface area contributed by atoms with Gasteiger partial charge < -0.3 is 19.5 Å². The van der Waals surface area contributed by atoms with Crippen LogP contribution in [-0.4, -0.2) is 45.2 Å². The van der Waals surface area contributed by atoms with E-state index in [1.165, 1.54) is 0 Å². The van der Waals surface area contributed by atoms with Crippen molar-refractivity contribution in [3.8, 4) is 11.5 Å². The number of methoxy groups -OCH3 is 1. The van der Waals surface area contributed by atoms with Crippen LogP contribution in [0.2, 0.25) is 0 Å². The van der Waals surface area contributed by atoms with Gasteiger partial charge in [0.05, 0.1) is 6.61 Å². The largest absolute Gasteiger partial charge is 0.486 e. The van der Waals surface area contributed by atoms with Crippen LogP contribution in [0.1, 0.15) is 29.6 Å². The standard InChI is InChI=1S/C16H21NO5/c1-20-8-7-17-16(19)4-2-3-13(18)12-5-6-14-15(11-12)22-10-9-21-14/h5-6,11H,2-4,7-10H2,1H3,(H,17,19). The first kappa shape index (κ1) is 16.3. The smallest absolute Gasteiger partial charge is 0.220 e. The summed E-state index contributed by atoms with van der Waals surface area (Å²) in [7, 11) is 1.58. The summed E-state index contributed by atoms with van der Waals surface area (Å²) in [6.07, 6.45) is 1.18. The molecule has 0 spiro atoms. The third kappa shape index (κ3) is 4.73. The number of ether oxygens (including phenoxy) is 3. The fourth-order valence-corrected chi connectivity index (χ4v) is 2.15. The number of benzene rings is 1. The first-order chi connectivity index (χ1) is 10.7. The van der Waals surface area contributed by atoms with Gasteiger partial charge in [0.2, 0.25) is 5.91 Å². The Labute approximate surface area is 129 Å². The zero-order chi connectivity index (χ0) is 15.8. The van der Waals surface area contributed by atoms with Crippen molar-refractivity contribution in [1.82, 2.24) is 5.32 Å². The number of hydrogen-bond acceptors (Lipinski definition) is 5. The number of hydrogen-bond donors (Lipinski definition) is 1. The summed E-state index contributed by atoms with van der Waals surface area (Å²) in [5.74, 6) is 1.21. The molecule has 1 aromatic rings. The minimum atomic E-state index is -0.0629. The molecule has 0 atom stereocenters. The molecule has 1 heterocycles. The van der Waals surface area contributed by atoms with Gasteiger partial charge in [-0.05, 0) is 24.6 Å². The number of amides is 1. The van der Waals surface area contributed by atoms with Gasteiger partial charge in [-0.15, -0.1) is 0 Å². The van der Waals surface area contributed by atoms with Crippen LogP contribution >= 0.6 is 0 Å². The van der Waals surface area contributed by atoms with E-state index >= 15 is 0 Å². The molecule has 22 heavy (non-hydrogen) atoms. The zero-order valence-electron chi connectivity index (χ0n) is 12.7. The molecule has 0 saturated heterocycles. The minimum absolute atomic E-state index is 0.00154. The Morgan fingerprint density at radius 2 is 1.95 bits per heavy atom. The molecular formula is C16H21NO5. The van der Waals surface area contributed by atoms with Crippen LogP contribution in [-0.2, 0) is 9.53 Å². The molecule has 6 heteroatoms. The van der Waals surface area contributed by atoms with Crippen LogP contribution < -0.4 is 14.8 Å². The third-order valence-electron chi connectivity index (χ3n) is 3.30. The van der Waals surface area contributed by atoms with E-state index in [0.717, 1.165) is 0 Å². The van der Waals surface area contributed by atoms with Crippen molar-refractivity contribution in [2.45, 2.75) is 19.3 Å². The lowest BCUT2D eigenvalue weighted by molar-refractivity contribution is -0.121. The molecule has 0 aromatic heterocycles. The molecule has 1 amide bonds. The molecule has 2 rings (SSSR count). The predicted molar refractivity (Wildman–Crippen MR) is 80.5 cm³/mol. The molecule has 0 radical (unpaired) electrons. The van der Waals surface area contributed by atoms with Gasteiger partial charge in [0, 0.05) is 32.1 Å². The molecule has 0 unspecified atom stereocenters. The van der Waals surface area contributed by atoms with E-state index in [0.29, 0.717) is 62.7 Å². The Hall–Kier alpha value is -2.08. The highest BCUT2D eigenvalue weighted by atomic mass is 16.6. The van der Waals surface area contributed by atoms with Gasteiger partial charge in [0.25, 0.3) is 0 Å². The maximum Gasteiger partial charge on any atom is 0.220 e. The second-order valence-electron chi connectivity index (χ2n) is 4.98. The fourth-order valence-electron chi connectivity index (χ4n) is 2.15. The maximum absolute atomic E-state index is 12.1. The van der Waals surface area contributed by atoms with E-state index in [9.17, 15) is 9.59 Å².